The number of nitrogens with two attached hydrogens (primary N) is 1. The molecule has 15 heteroatoms. The molecule has 0 saturated carbocycles. The average molecular weight is 700 g/mol. The van der Waals surface area contributed by atoms with Gasteiger partial charge in [-0.15, -0.1) is 11.3 Å². The largest absolute Gasteiger partial charge is 0.461 e. The van der Waals surface area contributed by atoms with Crippen molar-refractivity contribution in [3.8, 4) is 23.2 Å². The van der Waals surface area contributed by atoms with Gasteiger partial charge in [-0.1, -0.05) is 12.6 Å². The third-order valence-electron chi connectivity index (χ3n) is 9.75. The van der Waals surface area contributed by atoms with Gasteiger partial charge in [-0.05, 0) is 71.0 Å². The highest BCUT2D eigenvalue weighted by molar-refractivity contribution is 7.23. The third kappa shape index (κ3) is 5.80. The third-order valence-corrected chi connectivity index (χ3v) is 10.8. The van der Waals surface area contributed by atoms with Crippen LogP contribution in [-0.4, -0.2) is 76.6 Å². The number of rotatable bonds is 6. The fourth-order valence-corrected chi connectivity index (χ4v) is 7.83. The molecule has 2 fully saturated rings. The molecular formula is C34H34F5N7O2S. The molecule has 4 aromatic rings. The number of fused-ring (bicyclic) bond motifs is 2. The number of nitrogens with zero attached hydrogens (tertiary/aromatic N) is 6. The Morgan fingerprint density at radius 3 is 2.61 bits per heavy atom. The second-order valence-electron chi connectivity index (χ2n) is 12.9. The first-order chi connectivity index (χ1) is 23.1. The van der Waals surface area contributed by atoms with E-state index in [0.29, 0.717) is 11.3 Å². The van der Waals surface area contributed by atoms with Crippen LogP contribution in [-0.2, 0) is 11.0 Å². The predicted molar refractivity (Wildman–Crippen MR) is 178 cm³/mol. The highest BCUT2D eigenvalue weighted by atomic mass is 32.1. The van der Waals surface area contributed by atoms with Crippen molar-refractivity contribution in [1.82, 2.24) is 19.8 Å². The minimum Gasteiger partial charge on any atom is -0.461 e. The molecule has 3 atom stereocenters. The molecule has 2 aromatic heterocycles. The maximum atomic E-state index is 17.1. The van der Waals surface area contributed by atoms with E-state index in [0.717, 1.165) is 37.6 Å². The molecule has 2 saturated heterocycles. The smallest absolute Gasteiger partial charge is 0.417 e. The number of carbonyl (C=O) groups excluding carboxylic acids is 1. The van der Waals surface area contributed by atoms with Crippen LogP contribution in [0.2, 0.25) is 0 Å². The van der Waals surface area contributed by atoms with Gasteiger partial charge in [-0.2, -0.15) is 28.4 Å². The van der Waals surface area contributed by atoms with Crippen molar-refractivity contribution in [2.45, 2.75) is 57.4 Å². The summed E-state index contributed by atoms with van der Waals surface area (Å²) in [4.78, 5) is 26.9. The Kier molecular flexibility index (Phi) is 8.69. The summed E-state index contributed by atoms with van der Waals surface area (Å²) in [5, 5.41) is 9.26. The molecule has 0 spiro atoms. The van der Waals surface area contributed by atoms with E-state index in [1.54, 1.807) is 23.6 Å². The fourth-order valence-electron chi connectivity index (χ4n) is 6.88. The van der Waals surface area contributed by atoms with E-state index in [9.17, 15) is 27.6 Å². The Morgan fingerprint density at radius 2 is 1.98 bits per heavy atom. The van der Waals surface area contributed by atoms with Crippen molar-refractivity contribution >= 4 is 49.1 Å². The van der Waals surface area contributed by atoms with Gasteiger partial charge in [0.05, 0.1) is 21.4 Å². The number of hydrogen-bond acceptors (Lipinski definition) is 9. The number of halogens is 5. The summed E-state index contributed by atoms with van der Waals surface area (Å²) in [5.74, 6) is -2.44. The standard InChI is InChI=1S/C34H34F5N7O2S/c1-6-24(47)45-14-18(3)46(15-17(45)2)31-20-12-22(34(37,38)39)26(19-8-9-23(35)29-25(19)21(13-40)30(41)49-29)27(36)28(20)42-32(43-31)48-16-33(4)10-7-11-44(33)5/h6,8-9,12,17-18H,1,7,10-11,14-16,41H2,2-5H3. The Balaban J connectivity index is 1.62. The molecule has 2 aromatic carbocycles. The molecule has 1 amide bonds. The summed E-state index contributed by atoms with van der Waals surface area (Å²) >= 11 is 0.694. The Morgan fingerprint density at radius 1 is 1.24 bits per heavy atom. The van der Waals surface area contributed by atoms with Crippen LogP contribution < -0.4 is 15.4 Å². The van der Waals surface area contributed by atoms with Gasteiger partial charge in [0.15, 0.2) is 5.82 Å². The number of carbonyl (C=O) groups is 1. The maximum absolute atomic E-state index is 17.1. The number of anilines is 2. The first-order valence-electron chi connectivity index (χ1n) is 15.7. The van der Waals surface area contributed by atoms with Gasteiger partial charge in [-0.3, -0.25) is 9.69 Å². The molecule has 0 aliphatic carbocycles. The van der Waals surface area contributed by atoms with Crippen LogP contribution in [0.3, 0.4) is 0 Å². The van der Waals surface area contributed by atoms with Crippen molar-refractivity contribution in [2.75, 3.05) is 43.9 Å². The summed E-state index contributed by atoms with van der Waals surface area (Å²) in [5.41, 5.74) is 2.26. The summed E-state index contributed by atoms with van der Waals surface area (Å²) in [6.07, 6.45) is -2.15. The van der Waals surface area contributed by atoms with Crippen LogP contribution in [0.15, 0.2) is 30.9 Å². The number of benzene rings is 2. The number of likely N-dealkylation sites (N-methyl/N-ethyl adjacent to an activating group) is 1. The number of ether oxygens (including phenoxy) is 1. The van der Waals surface area contributed by atoms with Crippen LogP contribution >= 0.6 is 11.3 Å². The number of aromatic nitrogens is 2. The maximum Gasteiger partial charge on any atom is 0.417 e. The molecule has 0 radical (unpaired) electrons. The number of thiophene rings is 1. The molecule has 258 valence electrons. The van der Waals surface area contributed by atoms with E-state index in [1.165, 1.54) is 6.08 Å². The number of amides is 1. The number of hydrogen-bond donors (Lipinski definition) is 1. The lowest BCUT2D eigenvalue weighted by atomic mass is 9.92. The Hall–Kier alpha value is -4.55. The van der Waals surface area contributed by atoms with Crippen molar-refractivity contribution in [2.24, 2.45) is 0 Å². The predicted octanol–water partition coefficient (Wildman–Crippen LogP) is 6.74. The minimum absolute atomic E-state index is 0.00711. The van der Waals surface area contributed by atoms with Gasteiger partial charge in [0, 0.05) is 41.5 Å². The van der Waals surface area contributed by atoms with Crippen molar-refractivity contribution < 1.29 is 31.5 Å². The first-order valence-corrected chi connectivity index (χ1v) is 16.5. The van der Waals surface area contributed by atoms with Crippen molar-refractivity contribution in [3.05, 3.63) is 53.6 Å². The van der Waals surface area contributed by atoms with Crippen molar-refractivity contribution in [3.63, 3.8) is 0 Å². The number of nitrogen functional groups attached to an aromatic ring is 1. The summed E-state index contributed by atoms with van der Waals surface area (Å²) in [7, 11) is 1.96. The van der Waals surface area contributed by atoms with Crippen LogP contribution in [0.1, 0.15) is 44.7 Å². The van der Waals surface area contributed by atoms with Crippen LogP contribution in [0.5, 0.6) is 6.01 Å². The first kappa shape index (κ1) is 34.3. The monoisotopic (exact) mass is 699 g/mol. The van der Waals surface area contributed by atoms with Gasteiger partial charge >= 0.3 is 12.2 Å². The molecule has 6 rings (SSSR count). The lowest BCUT2D eigenvalue weighted by molar-refractivity contribution is -0.137. The number of likely N-dealkylation sites (tertiary alicyclic amines) is 1. The van der Waals surface area contributed by atoms with Crippen LogP contribution in [0, 0.1) is 23.0 Å². The Bertz CT molecular complexity index is 2040. The quantitative estimate of drug-likeness (QED) is 0.174. The zero-order valence-corrected chi connectivity index (χ0v) is 28.1. The van der Waals surface area contributed by atoms with E-state index in [4.69, 9.17) is 10.5 Å². The Labute approximate surface area is 283 Å². The second kappa shape index (κ2) is 12.4. The average Bonchev–Trinajstić information content (AvgIpc) is 3.58. The summed E-state index contributed by atoms with van der Waals surface area (Å²) < 4.78 is 82.9. The number of alkyl halides is 3. The van der Waals surface area contributed by atoms with Crippen LogP contribution in [0.4, 0.5) is 32.8 Å². The minimum atomic E-state index is -5.10. The van der Waals surface area contributed by atoms with Crippen LogP contribution in [0.25, 0.3) is 32.1 Å². The van der Waals surface area contributed by atoms with E-state index < -0.39 is 46.5 Å². The van der Waals surface area contributed by atoms with Gasteiger partial charge in [0.2, 0.25) is 5.91 Å². The molecular weight excluding hydrogens is 665 g/mol. The lowest BCUT2D eigenvalue weighted by Gasteiger charge is -2.44. The summed E-state index contributed by atoms with van der Waals surface area (Å²) in [6.45, 7) is 10.5. The van der Waals surface area contributed by atoms with Gasteiger partial charge in [0.1, 0.15) is 34.8 Å². The highest BCUT2D eigenvalue weighted by Crippen LogP contribution is 2.48. The molecule has 2 aliphatic rings. The fraction of sp³-hybridized carbons (Fsp3) is 0.412. The lowest BCUT2D eigenvalue weighted by Crippen LogP contribution is -2.58. The number of piperazine rings is 1. The molecule has 4 heterocycles. The SMILES string of the molecule is C=CC(=O)N1CC(C)N(c2nc(OCC3(C)CCCN3C)nc3c(F)c(-c4ccc(F)c5sc(N)c(C#N)c45)c(C(F)(F)F)cc23)CC1C. The molecule has 0 bridgehead atoms. The second-order valence-corrected chi connectivity index (χ2v) is 14.0. The molecule has 9 nitrogen and oxygen atoms in total. The molecule has 2 aliphatic heterocycles. The number of nitriles is 1. The van der Waals surface area contributed by atoms with E-state index >= 15 is 4.39 Å². The summed E-state index contributed by atoms with van der Waals surface area (Å²) in [6, 6.07) is 3.47. The van der Waals surface area contributed by atoms with Gasteiger partial charge in [0.25, 0.3) is 0 Å². The zero-order chi connectivity index (χ0) is 35.6. The molecule has 2 N–H and O–H groups in total. The topological polar surface area (TPSA) is 112 Å². The molecule has 3 unspecified atom stereocenters. The van der Waals surface area contributed by atoms with Gasteiger partial charge < -0.3 is 20.3 Å². The zero-order valence-electron chi connectivity index (χ0n) is 27.3. The van der Waals surface area contributed by atoms with E-state index in [-0.39, 0.29) is 74.6 Å². The normalized spacial score (nSPS) is 21.8. The van der Waals surface area contributed by atoms with Gasteiger partial charge in [-0.25, -0.2) is 8.78 Å². The van der Waals surface area contributed by atoms with E-state index in [2.05, 4.69) is 21.4 Å². The molecule has 49 heavy (non-hydrogen) atoms. The van der Waals surface area contributed by atoms with E-state index in [1.807, 2.05) is 20.0 Å². The highest BCUT2D eigenvalue weighted by Gasteiger charge is 2.40. The van der Waals surface area contributed by atoms with Crippen molar-refractivity contribution in [1.29, 1.82) is 5.26 Å².